The highest BCUT2D eigenvalue weighted by atomic mass is 79.9. The molecule has 29 heavy (non-hydrogen) atoms. The third-order valence-corrected chi connectivity index (χ3v) is 5.91. The first-order valence-electron chi connectivity index (χ1n) is 9.79. The van der Waals surface area contributed by atoms with Crippen molar-refractivity contribution >= 4 is 32.9 Å². The standard InChI is InChI=1S/C21H24BrN5O2/c1-13(15-5-3-4-6-17(15)22)29-18-8-7-16-19(26-27(2)20(16)25-18)21(28)24-14-9-11-23-12-10-14/h3-8,13-14,23H,9-12H2,1-2H3,(H,24,28)/t13-/m1/s1. The molecule has 7 nitrogen and oxygen atoms in total. The van der Waals surface area contributed by atoms with Gasteiger partial charge in [-0.2, -0.15) is 10.1 Å². The smallest absolute Gasteiger partial charge is 0.272 e. The number of halogens is 1. The molecule has 4 rings (SSSR count). The number of carbonyl (C=O) groups excluding carboxylic acids is 1. The van der Waals surface area contributed by atoms with Crippen LogP contribution in [0.3, 0.4) is 0 Å². The van der Waals surface area contributed by atoms with E-state index in [1.807, 2.05) is 37.3 Å². The number of pyridine rings is 1. The summed E-state index contributed by atoms with van der Waals surface area (Å²) in [6.45, 7) is 3.82. The Hall–Kier alpha value is -2.45. The molecule has 152 valence electrons. The summed E-state index contributed by atoms with van der Waals surface area (Å²) in [4.78, 5) is 17.3. The van der Waals surface area contributed by atoms with Gasteiger partial charge >= 0.3 is 0 Å². The van der Waals surface area contributed by atoms with Crippen LogP contribution in [0.1, 0.15) is 41.9 Å². The van der Waals surface area contributed by atoms with Gasteiger partial charge in [0.25, 0.3) is 5.91 Å². The van der Waals surface area contributed by atoms with Crippen molar-refractivity contribution in [2.75, 3.05) is 13.1 Å². The van der Waals surface area contributed by atoms with Gasteiger partial charge in [0, 0.05) is 29.2 Å². The van der Waals surface area contributed by atoms with Crippen molar-refractivity contribution in [3.05, 3.63) is 52.1 Å². The molecule has 0 radical (unpaired) electrons. The summed E-state index contributed by atoms with van der Waals surface area (Å²) in [5.41, 5.74) is 2.07. The normalized spacial score (nSPS) is 16.0. The topological polar surface area (TPSA) is 81.1 Å². The van der Waals surface area contributed by atoms with Gasteiger partial charge in [0.1, 0.15) is 6.10 Å². The van der Waals surface area contributed by atoms with E-state index in [1.165, 1.54) is 0 Å². The van der Waals surface area contributed by atoms with Gasteiger partial charge in [0.15, 0.2) is 11.3 Å². The number of amides is 1. The Morgan fingerprint density at radius 3 is 2.79 bits per heavy atom. The predicted molar refractivity (Wildman–Crippen MR) is 115 cm³/mol. The Kier molecular flexibility index (Phi) is 5.82. The number of nitrogens with zero attached hydrogens (tertiary/aromatic N) is 3. The molecule has 0 unspecified atom stereocenters. The van der Waals surface area contributed by atoms with Crippen LogP contribution in [0.25, 0.3) is 11.0 Å². The minimum Gasteiger partial charge on any atom is -0.470 e. The fraction of sp³-hybridized carbons (Fsp3) is 0.381. The molecule has 2 N–H and O–H groups in total. The van der Waals surface area contributed by atoms with Crippen LogP contribution < -0.4 is 15.4 Å². The molecule has 8 heteroatoms. The fourth-order valence-corrected chi connectivity index (χ4v) is 4.22. The highest BCUT2D eigenvalue weighted by molar-refractivity contribution is 9.10. The monoisotopic (exact) mass is 457 g/mol. The van der Waals surface area contributed by atoms with Crippen molar-refractivity contribution in [3.63, 3.8) is 0 Å². The number of hydrogen-bond donors (Lipinski definition) is 2. The van der Waals surface area contributed by atoms with Crippen LogP contribution in [0, 0.1) is 0 Å². The predicted octanol–water partition coefficient (Wildman–Crippen LogP) is 3.35. The van der Waals surface area contributed by atoms with Crippen molar-refractivity contribution < 1.29 is 9.53 Å². The number of hydrogen-bond acceptors (Lipinski definition) is 5. The van der Waals surface area contributed by atoms with E-state index in [-0.39, 0.29) is 18.1 Å². The number of aryl methyl sites for hydroxylation is 1. The average Bonchev–Trinajstić information content (AvgIpc) is 3.05. The molecular formula is C21H24BrN5O2. The molecule has 1 amide bonds. The zero-order chi connectivity index (χ0) is 20.4. The SMILES string of the molecule is C[C@@H](Oc1ccc2c(C(=O)NC3CCNCC3)nn(C)c2n1)c1ccccc1Br. The van der Waals surface area contributed by atoms with Crippen molar-refractivity contribution in [1.82, 2.24) is 25.4 Å². The van der Waals surface area contributed by atoms with Crippen molar-refractivity contribution in [2.24, 2.45) is 7.05 Å². The number of carbonyl (C=O) groups is 1. The average molecular weight is 458 g/mol. The molecule has 0 aliphatic carbocycles. The molecule has 0 saturated carbocycles. The highest BCUT2D eigenvalue weighted by Gasteiger charge is 2.22. The molecule has 1 saturated heterocycles. The molecule has 1 aliphatic rings. The quantitative estimate of drug-likeness (QED) is 0.613. The van der Waals surface area contributed by atoms with Gasteiger partial charge in [-0.25, -0.2) is 4.68 Å². The Balaban J connectivity index is 1.55. The lowest BCUT2D eigenvalue weighted by atomic mass is 10.1. The van der Waals surface area contributed by atoms with Crippen LogP contribution in [-0.2, 0) is 7.05 Å². The maximum Gasteiger partial charge on any atom is 0.272 e. The van der Waals surface area contributed by atoms with Crippen LogP contribution in [-0.4, -0.2) is 39.8 Å². The first-order valence-corrected chi connectivity index (χ1v) is 10.6. The van der Waals surface area contributed by atoms with E-state index in [1.54, 1.807) is 17.8 Å². The van der Waals surface area contributed by atoms with Crippen LogP contribution in [0.4, 0.5) is 0 Å². The first-order chi connectivity index (χ1) is 14.0. The summed E-state index contributed by atoms with van der Waals surface area (Å²) < 4.78 is 8.67. The lowest BCUT2D eigenvalue weighted by Crippen LogP contribution is -2.42. The molecule has 1 fully saturated rings. The summed E-state index contributed by atoms with van der Waals surface area (Å²) in [7, 11) is 1.79. The van der Waals surface area contributed by atoms with Crippen LogP contribution in [0.2, 0.25) is 0 Å². The summed E-state index contributed by atoms with van der Waals surface area (Å²) in [5, 5.41) is 11.5. The Bertz CT molecular complexity index is 1030. The summed E-state index contributed by atoms with van der Waals surface area (Å²) in [6.07, 6.45) is 1.69. The van der Waals surface area contributed by atoms with E-state index in [2.05, 4.69) is 36.6 Å². The number of ether oxygens (including phenoxy) is 1. The fourth-order valence-electron chi connectivity index (χ4n) is 3.62. The van der Waals surface area contributed by atoms with Gasteiger partial charge in [0.2, 0.25) is 5.88 Å². The van der Waals surface area contributed by atoms with E-state index >= 15 is 0 Å². The van der Waals surface area contributed by atoms with E-state index in [4.69, 9.17) is 4.74 Å². The summed E-state index contributed by atoms with van der Waals surface area (Å²) in [6, 6.07) is 11.8. The van der Waals surface area contributed by atoms with E-state index in [0.29, 0.717) is 17.2 Å². The number of fused-ring (bicyclic) bond motifs is 1. The van der Waals surface area contributed by atoms with Crippen molar-refractivity contribution in [2.45, 2.75) is 31.9 Å². The van der Waals surface area contributed by atoms with Gasteiger partial charge in [-0.15, -0.1) is 0 Å². The molecule has 2 aromatic heterocycles. The summed E-state index contributed by atoms with van der Waals surface area (Å²) >= 11 is 3.56. The molecule has 3 heterocycles. The van der Waals surface area contributed by atoms with Crippen LogP contribution in [0.5, 0.6) is 5.88 Å². The lowest BCUT2D eigenvalue weighted by Gasteiger charge is -2.23. The second-order valence-electron chi connectivity index (χ2n) is 7.27. The Morgan fingerprint density at radius 1 is 1.28 bits per heavy atom. The number of nitrogens with one attached hydrogen (secondary N) is 2. The molecule has 0 bridgehead atoms. The molecule has 1 aliphatic heterocycles. The lowest BCUT2D eigenvalue weighted by molar-refractivity contribution is 0.0925. The second-order valence-corrected chi connectivity index (χ2v) is 8.13. The van der Waals surface area contributed by atoms with Gasteiger partial charge in [-0.1, -0.05) is 34.1 Å². The van der Waals surface area contributed by atoms with Crippen molar-refractivity contribution in [1.29, 1.82) is 0 Å². The molecule has 0 spiro atoms. The Labute approximate surface area is 178 Å². The third-order valence-electron chi connectivity index (χ3n) is 5.19. The molecule has 1 aromatic carbocycles. The summed E-state index contributed by atoms with van der Waals surface area (Å²) in [5.74, 6) is 0.341. The first kappa shape index (κ1) is 19.8. The number of benzene rings is 1. The second kappa shape index (κ2) is 8.51. The van der Waals surface area contributed by atoms with Crippen LogP contribution in [0.15, 0.2) is 40.9 Å². The van der Waals surface area contributed by atoms with Gasteiger partial charge in [0.05, 0.1) is 5.39 Å². The third kappa shape index (κ3) is 4.28. The minimum absolute atomic E-state index is 0.153. The maximum atomic E-state index is 12.8. The van der Waals surface area contributed by atoms with E-state index in [0.717, 1.165) is 41.4 Å². The van der Waals surface area contributed by atoms with Gasteiger partial charge in [-0.05, 0) is 45.0 Å². The number of rotatable bonds is 5. The highest BCUT2D eigenvalue weighted by Crippen LogP contribution is 2.28. The largest absolute Gasteiger partial charge is 0.470 e. The van der Waals surface area contributed by atoms with Crippen molar-refractivity contribution in [3.8, 4) is 5.88 Å². The molecule has 1 atom stereocenters. The molecular weight excluding hydrogens is 434 g/mol. The zero-order valence-electron chi connectivity index (χ0n) is 16.5. The van der Waals surface area contributed by atoms with Gasteiger partial charge in [-0.3, -0.25) is 4.79 Å². The number of piperidine rings is 1. The van der Waals surface area contributed by atoms with Gasteiger partial charge < -0.3 is 15.4 Å². The van der Waals surface area contributed by atoms with Crippen LogP contribution >= 0.6 is 15.9 Å². The maximum absolute atomic E-state index is 12.8. The Morgan fingerprint density at radius 2 is 2.03 bits per heavy atom. The minimum atomic E-state index is -0.175. The van der Waals surface area contributed by atoms with E-state index < -0.39 is 0 Å². The van der Waals surface area contributed by atoms with E-state index in [9.17, 15) is 4.79 Å². The molecule has 3 aromatic rings. The number of aromatic nitrogens is 3. The zero-order valence-corrected chi connectivity index (χ0v) is 18.1.